The van der Waals surface area contributed by atoms with Crippen LogP contribution in [-0.4, -0.2) is 12.4 Å². The van der Waals surface area contributed by atoms with Gasteiger partial charge in [-0.25, -0.2) is 0 Å². The van der Waals surface area contributed by atoms with Crippen molar-refractivity contribution >= 4 is 34.8 Å². The molecule has 0 saturated carbocycles. The summed E-state index contributed by atoms with van der Waals surface area (Å²) in [5.41, 5.74) is -6.63. The Balaban J connectivity index is 1.75. The molecule has 206 valence electrons. The predicted molar refractivity (Wildman–Crippen MR) is 139 cm³/mol. The quantitative estimate of drug-likeness (QED) is 0.202. The van der Waals surface area contributed by atoms with Crippen molar-refractivity contribution < 1.29 is 35.8 Å². The zero-order valence-corrected chi connectivity index (χ0v) is 22.0. The maximum atomic E-state index is 14.5. The largest absolute Gasteiger partial charge is 0.456 e. The van der Waals surface area contributed by atoms with Crippen LogP contribution in [0.5, 0.6) is 23.0 Å². The predicted octanol–water partition coefficient (Wildman–Crippen LogP) is 10.5. The number of nitrogens with zero attached hydrogens (tertiary/aromatic N) is 1. The van der Waals surface area contributed by atoms with Gasteiger partial charge >= 0.3 is 12.4 Å². The highest BCUT2D eigenvalue weighted by Crippen LogP contribution is 2.56. The maximum absolute atomic E-state index is 14.5. The summed E-state index contributed by atoms with van der Waals surface area (Å²) in [6.45, 7) is 0. The number of halogens is 9. The number of benzene rings is 4. The number of rotatable bonds is 6. The van der Waals surface area contributed by atoms with Crippen LogP contribution in [0, 0.1) is 11.3 Å². The molecule has 0 aliphatic carbocycles. The summed E-state index contributed by atoms with van der Waals surface area (Å²) in [7, 11) is 0. The lowest BCUT2D eigenvalue weighted by Gasteiger charge is -2.38. The van der Waals surface area contributed by atoms with E-state index in [4.69, 9.17) is 44.3 Å². The molecular weight excluding hydrogens is 603 g/mol. The molecule has 3 nitrogen and oxygen atoms in total. The fourth-order valence-corrected chi connectivity index (χ4v) is 4.58. The second-order valence-corrected chi connectivity index (χ2v) is 9.47. The summed E-state index contributed by atoms with van der Waals surface area (Å²) in [6, 6.07) is 17.1. The lowest BCUT2D eigenvalue weighted by Crippen LogP contribution is -2.54. The van der Waals surface area contributed by atoms with Crippen LogP contribution in [0.2, 0.25) is 15.1 Å². The number of alkyl halides is 6. The summed E-state index contributed by atoms with van der Waals surface area (Å²) < 4.78 is 98.1. The molecule has 40 heavy (non-hydrogen) atoms. The van der Waals surface area contributed by atoms with Crippen molar-refractivity contribution in [3.8, 4) is 29.1 Å². The zero-order chi connectivity index (χ0) is 29.3. The van der Waals surface area contributed by atoms with Gasteiger partial charge in [-0.2, -0.15) is 31.6 Å². The molecule has 4 rings (SSSR count). The van der Waals surface area contributed by atoms with Crippen LogP contribution in [0.4, 0.5) is 26.3 Å². The van der Waals surface area contributed by atoms with Gasteiger partial charge in [0.2, 0.25) is 5.41 Å². The molecule has 0 aliphatic heterocycles. The molecule has 4 aromatic rings. The van der Waals surface area contributed by atoms with E-state index in [-0.39, 0.29) is 43.6 Å². The molecule has 0 aliphatic rings. The van der Waals surface area contributed by atoms with Crippen molar-refractivity contribution in [3.05, 3.63) is 117 Å². The maximum Gasteiger partial charge on any atom is 0.411 e. The molecular formula is C28H14Cl3F6NO2. The second kappa shape index (κ2) is 11.1. The lowest BCUT2D eigenvalue weighted by molar-refractivity contribution is -0.288. The molecule has 0 spiro atoms. The van der Waals surface area contributed by atoms with Crippen LogP contribution < -0.4 is 9.47 Å². The highest BCUT2D eigenvalue weighted by molar-refractivity contribution is 6.42. The fourth-order valence-electron chi connectivity index (χ4n) is 4.04. The summed E-state index contributed by atoms with van der Waals surface area (Å²) in [4.78, 5) is 0. The molecule has 0 atom stereocenters. The van der Waals surface area contributed by atoms with Crippen molar-refractivity contribution in [2.24, 2.45) is 0 Å². The van der Waals surface area contributed by atoms with Crippen LogP contribution in [-0.2, 0) is 5.41 Å². The summed E-state index contributed by atoms with van der Waals surface area (Å²) in [5.74, 6) is -0.127. The van der Waals surface area contributed by atoms with E-state index in [2.05, 4.69) is 0 Å². The van der Waals surface area contributed by atoms with Gasteiger partial charge in [-0.15, -0.1) is 0 Å². The van der Waals surface area contributed by atoms with Gasteiger partial charge in [-0.05, 0) is 59.7 Å². The summed E-state index contributed by atoms with van der Waals surface area (Å²) in [5, 5.41) is 9.51. The highest BCUT2D eigenvalue weighted by atomic mass is 35.5. The molecule has 0 heterocycles. The molecule has 0 fully saturated rings. The van der Waals surface area contributed by atoms with Crippen molar-refractivity contribution in [1.82, 2.24) is 0 Å². The average Bonchev–Trinajstić information content (AvgIpc) is 2.88. The first kappa shape index (κ1) is 29.4. The van der Waals surface area contributed by atoms with Crippen LogP contribution >= 0.6 is 34.8 Å². The van der Waals surface area contributed by atoms with E-state index in [1.807, 2.05) is 6.07 Å². The second-order valence-electron chi connectivity index (χ2n) is 8.28. The van der Waals surface area contributed by atoms with Crippen molar-refractivity contribution in [2.45, 2.75) is 17.8 Å². The Kier molecular flexibility index (Phi) is 8.18. The normalized spacial score (nSPS) is 12.1. The van der Waals surface area contributed by atoms with E-state index in [0.29, 0.717) is 24.3 Å². The summed E-state index contributed by atoms with van der Waals surface area (Å²) in [6.07, 6.45) is -11.6. The zero-order valence-electron chi connectivity index (χ0n) is 19.7. The Hall–Kier alpha value is -3.58. The monoisotopic (exact) mass is 615 g/mol. The van der Waals surface area contributed by atoms with Crippen molar-refractivity contribution in [2.75, 3.05) is 0 Å². The first-order valence-corrected chi connectivity index (χ1v) is 12.3. The van der Waals surface area contributed by atoms with Gasteiger partial charge in [0.05, 0.1) is 10.0 Å². The Morgan fingerprint density at radius 3 is 1.45 bits per heavy atom. The van der Waals surface area contributed by atoms with Gasteiger partial charge < -0.3 is 9.47 Å². The molecule has 0 unspecified atom stereocenters. The molecule has 0 saturated heterocycles. The van der Waals surface area contributed by atoms with Crippen LogP contribution in [0.15, 0.2) is 84.9 Å². The van der Waals surface area contributed by atoms with Gasteiger partial charge in [0, 0.05) is 0 Å². The van der Waals surface area contributed by atoms with Crippen molar-refractivity contribution in [3.63, 3.8) is 0 Å². The number of ether oxygens (including phenoxy) is 2. The molecule has 4 aromatic carbocycles. The Morgan fingerprint density at radius 1 is 0.575 bits per heavy atom. The van der Waals surface area contributed by atoms with Crippen LogP contribution in [0.1, 0.15) is 16.7 Å². The first-order valence-electron chi connectivity index (χ1n) is 11.1. The molecule has 0 aromatic heterocycles. The third kappa shape index (κ3) is 5.39. The Labute approximate surface area is 239 Å². The van der Waals surface area contributed by atoms with Gasteiger partial charge in [0.1, 0.15) is 39.7 Å². The van der Waals surface area contributed by atoms with Crippen molar-refractivity contribution in [1.29, 1.82) is 5.26 Å². The van der Waals surface area contributed by atoms with E-state index in [0.717, 1.165) is 24.3 Å². The first-order chi connectivity index (χ1) is 18.8. The highest BCUT2D eigenvalue weighted by Gasteiger charge is 2.72. The topological polar surface area (TPSA) is 42.2 Å². The minimum Gasteiger partial charge on any atom is -0.456 e. The standard InChI is InChI=1S/C28H14Cl3F6NO2/c29-21-3-1-5-23(20(21)15-38)39-18-11-7-16(8-12-18)26(27(32,33)34,28(35,36)37)17-9-13-19(14-10-17)40-24-6-2-4-22(30)25(24)31/h1-14H. The minimum absolute atomic E-state index is 0.0175. The van der Waals surface area contributed by atoms with E-state index in [1.165, 1.54) is 36.4 Å². The smallest absolute Gasteiger partial charge is 0.411 e. The van der Waals surface area contributed by atoms with E-state index >= 15 is 0 Å². The Morgan fingerprint density at radius 2 is 1.00 bits per heavy atom. The van der Waals surface area contributed by atoms with Gasteiger partial charge in [0.25, 0.3) is 0 Å². The number of nitriles is 1. The van der Waals surface area contributed by atoms with E-state index < -0.39 is 28.9 Å². The third-order valence-corrected chi connectivity index (χ3v) is 7.00. The van der Waals surface area contributed by atoms with E-state index in [1.54, 1.807) is 0 Å². The fraction of sp³-hybridized carbons (Fsp3) is 0.107. The molecule has 0 radical (unpaired) electrons. The van der Waals surface area contributed by atoms with Gasteiger partial charge in [-0.1, -0.05) is 71.2 Å². The molecule has 0 N–H and O–H groups in total. The van der Waals surface area contributed by atoms with E-state index in [9.17, 15) is 31.6 Å². The average molecular weight is 617 g/mol. The van der Waals surface area contributed by atoms with Crippen LogP contribution in [0.3, 0.4) is 0 Å². The SMILES string of the molecule is N#Cc1c(Cl)cccc1Oc1ccc(C(c2ccc(Oc3cccc(Cl)c3Cl)cc2)(C(F)(F)F)C(F)(F)F)cc1. The summed E-state index contributed by atoms with van der Waals surface area (Å²) >= 11 is 17.9. The Bertz CT molecular complexity index is 1550. The number of hydrogen-bond donors (Lipinski definition) is 0. The molecule has 12 heteroatoms. The lowest BCUT2D eigenvalue weighted by atomic mass is 9.73. The minimum atomic E-state index is -5.80. The van der Waals surface area contributed by atoms with Gasteiger partial charge in [0.15, 0.2) is 0 Å². The van der Waals surface area contributed by atoms with Gasteiger partial charge in [-0.3, -0.25) is 0 Å². The molecule has 0 amide bonds. The molecule has 0 bridgehead atoms. The van der Waals surface area contributed by atoms with Crippen LogP contribution in [0.25, 0.3) is 0 Å². The third-order valence-electron chi connectivity index (χ3n) is 5.88. The number of hydrogen-bond acceptors (Lipinski definition) is 3.